The summed E-state index contributed by atoms with van der Waals surface area (Å²) in [6, 6.07) is 8.04. The Balaban J connectivity index is 1.67. The maximum Gasteiger partial charge on any atom is 0.277 e. The molecule has 1 aliphatic rings. The summed E-state index contributed by atoms with van der Waals surface area (Å²) in [7, 11) is 0. The number of hydrogen-bond donors (Lipinski definition) is 2. The first-order valence-electron chi connectivity index (χ1n) is 9.50. The van der Waals surface area contributed by atoms with Gasteiger partial charge in [0.1, 0.15) is 6.33 Å². The first-order chi connectivity index (χ1) is 13.6. The van der Waals surface area contributed by atoms with Gasteiger partial charge >= 0.3 is 0 Å². The van der Waals surface area contributed by atoms with Crippen molar-refractivity contribution in [2.75, 3.05) is 13.2 Å². The fraction of sp³-hybridized carbons (Fsp3) is 0.400. The molecule has 8 heteroatoms. The molecule has 0 saturated carbocycles. The van der Waals surface area contributed by atoms with E-state index in [2.05, 4.69) is 27.2 Å². The van der Waals surface area contributed by atoms with Crippen LogP contribution in [0.4, 0.5) is 0 Å². The fourth-order valence-electron chi connectivity index (χ4n) is 4.07. The quantitative estimate of drug-likeness (QED) is 0.690. The number of amides is 1. The highest BCUT2D eigenvalue weighted by atomic mass is 16.3. The van der Waals surface area contributed by atoms with Gasteiger partial charge in [-0.25, -0.2) is 9.97 Å². The van der Waals surface area contributed by atoms with Crippen LogP contribution in [0.25, 0.3) is 5.78 Å². The second kappa shape index (κ2) is 7.55. The normalized spacial score (nSPS) is 16.1. The summed E-state index contributed by atoms with van der Waals surface area (Å²) in [6.07, 6.45) is 4.16. The van der Waals surface area contributed by atoms with Crippen molar-refractivity contribution in [3.05, 3.63) is 63.3 Å². The minimum Gasteiger partial charge on any atom is -0.395 e. The number of carbonyl (C=O) groups is 1. The van der Waals surface area contributed by atoms with Gasteiger partial charge in [-0.15, -0.1) is 0 Å². The number of hydrogen-bond acceptors (Lipinski definition) is 5. The van der Waals surface area contributed by atoms with E-state index in [-0.39, 0.29) is 42.9 Å². The molecule has 1 atom stereocenters. The van der Waals surface area contributed by atoms with Crippen molar-refractivity contribution in [2.45, 2.75) is 38.6 Å². The zero-order valence-electron chi connectivity index (χ0n) is 15.8. The number of rotatable bonds is 5. The Hall–Kier alpha value is -3.00. The molecule has 146 valence electrons. The zero-order valence-corrected chi connectivity index (χ0v) is 15.8. The molecule has 1 aromatic carbocycles. The summed E-state index contributed by atoms with van der Waals surface area (Å²) in [5, 5.41) is 12.3. The highest BCUT2D eigenvalue weighted by Gasteiger charge is 2.29. The van der Waals surface area contributed by atoms with Crippen LogP contribution in [0.5, 0.6) is 0 Å². The van der Waals surface area contributed by atoms with E-state index in [9.17, 15) is 14.7 Å². The van der Waals surface area contributed by atoms with Crippen LogP contribution in [0.15, 0.2) is 35.4 Å². The fourth-order valence-corrected chi connectivity index (χ4v) is 4.07. The maximum absolute atomic E-state index is 13.2. The van der Waals surface area contributed by atoms with Gasteiger partial charge in [-0.05, 0) is 37.3 Å². The molecule has 0 radical (unpaired) electrons. The first kappa shape index (κ1) is 18.4. The molecule has 0 saturated heterocycles. The van der Waals surface area contributed by atoms with Crippen LogP contribution in [-0.2, 0) is 17.6 Å². The number of aryl methyl sites for hydroxylation is 2. The highest BCUT2D eigenvalue weighted by molar-refractivity contribution is 5.79. The largest absolute Gasteiger partial charge is 0.395 e. The molecule has 2 N–H and O–H groups in total. The molecule has 0 fully saturated rings. The molecule has 0 aliphatic heterocycles. The van der Waals surface area contributed by atoms with Gasteiger partial charge in [-0.2, -0.15) is 4.52 Å². The highest BCUT2D eigenvalue weighted by Crippen LogP contribution is 2.34. The van der Waals surface area contributed by atoms with Gasteiger partial charge in [0.15, 0.2) is 0 Å². The summed E-state index contributed by atoms with van der Waals surface area (Å²) in [4.78, 5) is 35.9. The van der Waals surface area contributed by atoms with Gasteiger partial charge < -0.3 is 10.0 Å². The van der Waals surface area contributed by atoms with Gasteiger partial charge in [-0.3, -0.25) is 14.7 Å². The van der Waals surface area contributed by atoms with Crippen LogP contribution in [0.3, 0.4) is 0 Å². The van der Waals surface area contributed by atoms with Crippen LogP contribution >= 0.6 is 0 Å². The number of carbonyl (C=O) groups excluding carboxylic acids is 1. The zero-order chi connectivity index (χ0) is 19.7. The van der Waals surface area contributed by atoms with Crippen molar-refractivity contribution in [2.24, 2.45) is 0 Å². The molecule has 1 unspecified atom stereocenters. The van der Waals surface area contributed by atoms with E-state index in [4.69, 9.17) is 0 Å². The lowest BCUT2D eigenvalue weighted by molar-refractivity contribution is -0.134. The smallest absolute Gasteiger partial charge is 0.277 e. The van der Waals surface area contributed by atoms with Gasteiger partial charge in [0.25, 0.3) is 11.3 Å². The SMILES string of the molecule is Cc1nc2nc[nH]n2c(=O)c1CC(=O)N(CCO)C1CCCc2ccccc21. The second-order valence-corrected chi connectivity index (χ2v) is 7.10. The summed E-state index contributed by atoms with van der Waals surface area (Å²) in [5.41, 5.74) is 2.90. The predicted molar refractivity (Wildman–Crippen MR) is 103 cm³/mol. The van der Waals surface area contributed by atoms with Gasteiger partial charge in [0.2, 0.25) is 5.91 Å². The van der Waals surface area contributed by atoms with E-state index >= 15 is 0 Å². The van der Waals surface area contributed by atoms with Crippen molar-refractivity contribution in [3.8, 4) is 0 Å². The molecule has 4 rings (SSSR count). The van der Waals surface area contributed by atoms with Crippen molar-refractivity contribution in [1.29, 1.82) is 0 Å². The molecule has 1 amide bonds. The third kappa shape index (κ3) is 3.20. The Bertz CT molecular complexity index is 1070. The first-order valence-corrected chi connectivity index (χ1v) is 9.50. The standard InChI is InChI=1S/C20H23N5O3/c1-13-16(19(28)25-20(23-13)21-12-22-25)11-18(27)24(9-10-26)17-8-4-6-14-5-2-3-7-15(14)17/h2-3,5,7,12,17,26H,4,6,8-11H2,1H3,(H,21,22,23). The minimum atomic E-state index is -0.318. The molecular formula is C20H23N5O3. The Morgan fingerprint density at radius 2 is 2.21 bits per heavy atom. The molecule has 2 heterocycles. The molecule has 28 heavy (non-hydrogen) atoms. The van der Waals surface area contributed by atoms with E-state index in [1.54, 1.807) is 11.8 Å². The van der Waals surface area contributed by atoms with Gasteiger partial charge in [-0.1, -0.05) is 24.3 Å². The van der Waals surface area contributed by atoms with Gasteiger partial charge in [0, 0.05) is 6.54 Å². The molecule has 0 spiro atoms. The Kier molecular flexibility index (Phi) is 4.95. The monoisotopic (exact) mass is 381 g/mol. The van der Waals surface area contributed by atoms with E-state index in [0.29, 0.717) is 11.3 Å². The van der Waals surface area contributed by atoms with Crippen molar-refractivity contribution in [3.63, 3.8) is 0 Å². The van der Waals surface area contributed by atoms with Crippen molar-refractivity contribution in [1.82, 2.24) is 24.5 Å². The number of aliphatic hydroxyl groups excluding tert-OH is 1. The molecule has 3 aromatic rings. The van der Waals surface area contributed by atoms with E-state index in [1.165, 1.54) is 16.4 Å². The van der Waals surface area contributed by atoms with Crippen LogP contribution in [0.1, 0.15) is 41.3 Å². The average Bonchev–Trinajstić information content (AvgIpc) is 3.17. The number of fused-ring (bicyclic) bond motifs is 2. The Labute approximate surface area is 161 Å². The van der Waals surface area contributed by atoms with E-state index in [1.807, 2.05) is 12.1 Å². The predicted octanol–water partition coefficient (Wildman–Crippen LogP) is 1.17. The summed E-state index contributed by atoms with van der Waals surface area (Å²) < 4.78 is 1.24. The number of benzene rings is 1. The summed E-state index contributed by atoms with van der Waals surface area (Å²) in [5.74, 6) is 0.101. The summed E-state index contributed by atoms with van der Waals surface area (Å²) in [6.45, 7) is 1.82. The van der Waals surface area contributed by atoms with E-state index < -0.39 is 0 Å². The molecule has 2 aromatic heterocycles. The van der Waals surface area contributed by atoms with Crippen LogP contribution in [0.2, 0.25) is 0 Å². The van der Waals surface area contributed by atoms with Crippen LogP contribution in [-0.4, -0.2) is 48.6 Å². The lowest BCUT2D eigenvalue weighted by atomic mass is 9.86. The Morgan fingerprint density at radius 3 is 3.04 bits per heavy atom. The lowest BCUT2D eigenvalue weighted by Crippen LogP contribution is -2.40. The maximum atomic E-state index is 13.2. The van der Waals surface area contributed by atoms with Crippen molar-refractivity contribution < 1.29 is 9.90 Å². The topological polar surface area (TPSA) is 104 Å². The third-order valence-corrected chi connectivity index (χ3v) is 5.44. The lowest BCUT2D eigenvalue weighted by Gasteiger charge is -2.35. The number of nitrogens with one attached hydrogen (secondary N) is 1. The average molecular weight is 381 g/mol. The molecule has 1 aliphatic carbocycles. The molecular weight excluding hydrogens is 358 g/mol. The van der Waals surface area contributed by atoms with E-state index in [0.717, 1.165) is 24.8 Å². The number of aromatic nitrogens is 4. The number of nitrogens with zero attached hydrogens (tertiary/aromatic N) is 4. The van der Waals surface area contributed by atoms with Crippen LogP contribution in [0, 0.1) is 6.92 Å². The molecule has 8 nitrogen and oxygen atoms in total. The van der Waals surface area contributed by atoms with Crippen molar-refractivity contribution >= 4 is 11.7 Å². The molecule has 0 bridgehead atoms. The third-order valence-electron chi connectivity index (χ3n) is 5.44. The number of aliphatic hydroxyl groups is 1. The van der Waals surface area contributed by atoms with Crippen LogP contribution < -0.4 is 5.56 Å². The number of H-pyrrole nitrogens is 1. The number of aromatic amines is 1. The van der Waals surface area contributed by atoms with Gasteiger partial charge in [0.05, 0.1) is 30.3 Å². The second-order valence-electron chi connectivity index (χ2n) is 7.10. The summed E-state index contributed by atoms with van der Waals surface area (Å²) >= 11 is 0. The minimum absolute atomic E-state index is 0.0572. The Morgan fingerprint density at radius 1 is 1.39 bits per heavy atom.